The zero-order valence-corrected chi connectivity index (χ0v) is 10.2. The van der Waals surface area contributed by atoms with Gasteiger partial charge in [-0.3, -0.25) is 0 Å². The van der Waals surface area contributed by atoms with Crippen LogP contribution in [0.25, 0.3) is 0 Å². The molecule has 0 radical (unpaired) electrons. The molecule has 17 heavy (non-hydrogen) atoms. The summed E-state index contributed by atoms with van der Waals surface area (Å²) < 4.78 is 26.1. The fourth-order valence-electron chi connectivity index (χ4n) is 2.39. The molecule has 0 aromatic heterocycles. The Morgan fingerprint density at radius 3 is 2.76 bits per heavy atom. The molecule has 1 saturated heterocycles. The molecule has 0 spiro atoms. The molecule has 2 rings (SSSR count). The predicted octanol–water partition coefficient (Wildman–Crippen LogP) is 3.29. The van der Waals surface area contributed by atoms with Crippen LogP contribution in [0.4, 0.5) is 8.78 Å². The van der Waals surface area contributed by atoms with E-state index in [1.165, 1.54) is 18.9 Å². The van der Waals surface area contributed by atoms with E-state index in [0.717, 1.165) is 19.0 Å². The highest BCUT2D eigenvalue weighted by molar-refractivity contribution is 5.18. The fraction of sp³-hybridized carbons (Fsp3) is 0.571. The molecule has 2 atom stereocenters. The molecule has 2 unspecified atom stereocenters. The van der Waals surface area contributed by atoms with Crippen molar-refractivity contribution in [3.05, 3.63) is 35.4 Å². The molecule has 0 saturated carbocycles. The first kappa shape index (κ1) is 12.5. The number of aryl methyl sites for hydroxylation is 1. The van der Waals surface area contributed by atoms with Gasteiger partial charge in [0.15, 0.2) is 0 Å². The van der Waals surface area contributed by atoms with E-state index < -0.39 is 11.6 Å². The molecule has 94 valence electrons. The van der Waals surface area contributed by atoms with Crippen LogP contribution in [0, 0.1) is 17.6 Å². The highest BCUT2D eigenvalue weighted by Crippen LogP contribution is 2.21. The molecule has 1 aliphatic rings. The third-order valence-electron chi connectivity index (χ3n) is 3.60. The molecular weight excluding hydrogens is 220 g/mol. The van der Waals surface area contributed by atoms with Crippen molar-refractivity contribution in [3.8, 4) is 0 Å². The summed E-state index contributed by atoms with van der Waals surface area (Å²) in [4.78, 5) is 0. The maximum absolute atomic E-state index is 13.4. The van der Waals surface area contributed by atoms with Gasteiger partial charge in [-0.2, -0.15) is 0 Å². The average Bonchev–Trinajstić information content (AvgIpc) is 2.30. The smallest absolute Gasteiger partial charge is 0.129 e. The molecule has 0 bridgehead atoms. The molecular formula is C14H19F2N. The van der Waals surface area contributed by atoms with Crippen molar-refractivity contribution in [1.82, 2.24) is 5.32 Å². The van der Waals surface area contributed by atoms with E-state index in [9.17, 15) is 8.78 Å². The number of nitrogens with one attached hydrogen (secondary N) is 1. The van der Waals surface area contributed by atoms with Crippen molar-refractivity contribution < 1.29 is 8.78 Å². The van der Waals surface area contributed by atoms with Crippen LogP contribution in [0.1, 0.15) is 31.7 Å². The van der Waals surface area contributed by atoms with Crippen molar-refractivity contribution in [2.75, 3.05) is 6.54 Å². The van der Waals surface area contributed by atoms with E-state index >= 15 is 0 Å². The third-order valence-corrected chi connectivity index (χ3v) is 3.60. The molecule has 0 aliphatic carbocycles. The van der Waals surface area contributed by atoms with Crippen molar-refractivity contribution in [2.45, 2.75) is 38.6 Å². The van der Waals surface area contributed by atoms with Gasteiger partial charge in [0.05, 0.1) is 0 Å². The Kier molecular flexibility index (Phi) is 4.11. The number of benzene rings is 1. The summed E-state index contributed by atoms with van der Waals surface area (Å²) in [7, 11) is 0. The summed E-state index contributed by atoms with van der Waals surface area (Å²) in [5, 5.41) is 3.44. The van der Waals surface area contributed by atoms with E-state index in [4.69, 9.17) is 0 Å². The van der Waals surface area contributed by atoms with Gasteiger partial charge in [-0.25, -0.2) is 8.78 Å². The van der Waals surface area contributed by atoms with Crippen LogP contribution in [0.15, 0.2) is 18.2 Å². The summed E-state index contributed by atoms with van der Waals surface area (Å²) in [5.74, 6) is -0.294. The maximum Gasteiger partial charge on any atom is 0.129 e. The van der Waals surface area contributed by atoms with Crippen LogP contribution in [0.2, 0.25) is 0 Å². The number of hydrogen-bond acceptors (Lipinski definition) is 1. The number of piperidine rings is 1. The molecule has 0 amide bonds. The molecule has 1 nitrogen and oxygen atoms in total. The topological polar surface area (TPSA) is 12.0 Å². The van der Waals surface area contributed by atoms with Gasteiger partial charge in [-0.1, -0.05) is 6.07 Å². The summed E-state index contributed by atoms with van der Waals surface area (Å²) in [6.45, 7) is 3.21. The van der Waals surface area contributed by atoms with Gasteiger partial charge >= 0.3 is 0 Å². The predicted molar refractivity (Wildman–Crippen MR) is 64.9 cm³/mol. The summed E-state index contributed by atoms with van der Waals surface area (Å²) >= 11 is 0. The Bertz CT molecular complexity index is 370. The first-order chi connectivity index (χ1) is 8.15. The van der Waals surface area contributed by atoms with Crippen LogP contribution in [-0.4, -0.2) is 12.6 Å². The van der Waals surface area contributed by atoms with E-state index in [2.05, 4.69) is 12.2 Å². The second-order valence-corrected chi connectivity index (χ2v) is 5.03. The summed E-state index contributed by atoms with van der Waals surface area (Å²) in [5.41, 5.74) is 0.630. The van der Waals surface area contributed by atoms with E-state index in [-0.39, 0.29) is 0 Å². The summed E-state index contributed by atoms with van der Waals surface area (Å²) in [6, 6.07) is 4.47. The lowest BCUT2D eigenvalue weighted by Gasteiger charge is -2.27. The van der Waals surface area contributed by atoms with E-state index in [0.29, 0.717) is 23.9 Å². The largest absolute Gasteiger partial charge is 0.314 e. The molecule has 3 heteroatoms. The van der Waals surface area contributed by atoms with Gasteiger partial charge in [-0.15, -0.1) is 0 Å². The van der Waals surface area contributed by atoms with E-state index in [1.807, 2.05) is 0 Å². The second kappa shape index (κ2) is 5.58. The van der Waals surface area contributed by atoms with Crippen LogP contribution in [-0.2, 0) is 6.42 Å². The van der Waals surface area contributed by atoms with Crippen molar-refractivity contribution >= 4 is 0 Å². The van der Waals surface area contributed by atoms with Gasteiger partial charge < -0.3 is 5.32 Å². The Morgan fingerprint density at radius 2 is 2.12 bits per heavy atom. The molecule has 1 N–H and O–H groups in total. The maximum atomic E-state index is 13.4. The van der Waals surface area contributed by atoms with Gasteiger partial charge in [0, 0.05) is 12.1 Å². The zero-order valence-electron chi connectivity index (χ0n) is 10.2. The zero-order chi connectivity index (χ0) is 12.3. The minimum absolute atomic E-state index is 0.415. The monoisotopic (exact) mass is 239 g/mol. The number of rotatable bonds is 3. The molecule has 1 aromatic rings. The Morgan fingerprint density at radius 1 is 1.29 bits per heavy atom. The number of halogens is 2. The quantitative estimate of drug-likeness (QED) is 0.853. The second-order valence-electron chi connectivity index (χ2n) is 5.03. The van der Waals surface area contributed by atoms with Gasteiger partial charge in [-0.05, 0) is 56.7 Å². The first-order valence-electron chi connectivity index (χ1n) is 6.32. The standard InChI is InChI=1S/C14H19F2N/c1-10-2-3-11(9-17-10)4-5-12-6-7-13(15)8-14(12)16/h6-8,10-11,17H,2-5,9H2,1H3. The van der Waals surface area contributed by atoms with Crippen LogP contribution < -0.4 is 5.32 Å². The molecule has 1 fully saturated rings. The van der Waals surface area contributed by atoms with Crippen LogP contribution in [0.3, 0.4) is 0 Å². The summed E-state index contributed by atoms with van der Waals surface area (Å²) in [6.07, 6.45) is 4.07. The lowest BCUT2D eigenvalue weighted by atomic mass is 9.90. The van der Waals surface area contributed by atoms with Gasteiger partial charge in [0.25, 0.3) is 0 Å². The molecule has 1 aliphatic heterocycles. The Labute approximate surface area is 101 Å². The highest BCUT2D eigenvalue weighted by Gasteiger charge is 2.17. The van der Waals surface area contributed by atoms with Crippen LogP contribution in [0.5, 0.6) is 0 Å². The molecule has 1 aromatic carbocycles. The first-order valence-corrected chi connectivity index (χ1v) is 6.32. The minimum atomic E-state index is -0.501. The normalized spacial score (nSPS) is 24.9. The number of hydrogen-bond donors (Lipinski definition) is 1. The van der Waals surface area contributed by atoms with Gasteiger partial charge in [0.2, 0.25) is 0 Å². The van der Waals surface area contributed by atoms with Crippen LogP contribution >= 0.6 is 0 Å². The Hall–Kier alpha value is -0.960. The van der Waals surface area contributed by atoms with Crippen molar-refractivity contribution in [2.24, 2.45) is 5.92 Å². The van der Waals surface area contributed by atoms with Crippen molar-refractivity contribution in [1.29, 1.82) is 0 Å². The SMILES string of the molecule is CC1CCC(CCc2ccc(F)cc2F)CN1. The Balaban J connectivity index is 1.85. The lowest BCUT2D eigenvalue weighted by molar-refractivity contribution is 0.308. The average molecular weight is 239 g/mol. The van der Waals surface area contributed by atoms with Crippen molar-refractivity contribution in [3.63, 3.8) is 0 Å². The lowest BCUT2D eigenvalue weighted by Crippen LogP contribution is -2.36. The molecule has 1 heterocycles. The third kappa shape index (κ3) is 3.50. The highest BCUT2D eigenvalue weighted by atomic mass is 19.1. The minimum Gasteiger partial charge on any atom is -0.314 e. The van der Waals surface area contributed by atoms with Gasteiger partial charge in [0.1, 0.15) is 11.6 Å². The fourth-order valence-corrected chi connectivity index (χ4v) is 2.39. The van der Waals surface area contributed by atoms with E-state index in [1.54, 1.807) is 6.07 Å².